The maximum absolute atomic E-state index is 12.9. The van der Waals surface area contributed by atoms with Crippen molar-refractivity contribution in [1.82, 2.24) is 4.40 Å². The van der Waals surface area contributed by atoms with Crippen LogP contribution in [0.3, 0.4) is 0 Å². The minimum atomic E-state index is -0.647. The summed E-state index contributed by atoms with van der Waals surface area (Å²) in [4.78, 5) is 24.6. The summed E-state index contributed by atoms with van der Waals surface area (Å²) in [5.41, 5.74) is 14.3. The lowest BCUT2D eigenvalue weighted by atomic mass is 10.0. The zero-order valence-corrected chi connectivity index (χ0v) is 12.7. The quantitative estimate of drug-likeness (QED) is 0.725. The third kappa shape index (κ3) is 2.36. The van der Waals surface area contributed by atoms with Crippen molar-refractivity contribution in [3.05, 3.63) is 71.0 Å². The van der Waals surface area contributed by atoms with E-state index < -0.39 is 5.91 Å². The number of carbonyl (C=O) groups excluding carboxylic acids is 2. The predicted molar refractivity (Wildman–Crippen MR) is 89.6 cm³/mol. The second-order valence-electron chi connectivity index (χ2n) is 5.34. The molecule has 5 heteroatoms. The molecule has 0 atom stereocenters. The zero-order chi connectivity index (χ0) is 16.6. The Hall–Kier alpha value is -3.08. The first-order valence-corrected chi connectivity index (χ1v) is 7.36. The number of nitrogen functional groups attached to an aromatic ring is 1. The number of ketones is 1. The van der Waals surface area contributed by atoms with Crippen molar-refractivity contribution in [2.45, 2.75) is 13.3 Å². The average molecular weight is 307 g/mol. The van der Waals surface area contributed by atoms with Crippen molar-refractivity contribution >= 4 is 22.9 Å². The van der Waals surface area contributed by atoms with E-state index in [4.69, 9.17) is 11.5 Å². The molecule has 0 radical (unpaired) electrons. The van der Waals surface area contributed by atoms with E-state index in [-0.39, 0.29) is 22.7 Å². The van der Waals surface area contributed by atoms with Crippen molar-refractivity contribution in [1.29, 1.82) is 0 Å². The van der Waals surface area contributed by atoms with Gasteiger partial charge in [0.2, 0.25) is 5.78 Å². The van der Waals surface area contributed by atoms with Gasteiger partial charge in [-0.2, -0.15) is 0 Å². The van der Waals surface area contributed by atoms with Crippen molar-refractivity contribution in [3.63, 3.8) is 0 Å². The summed E-state index contributed by atoms with van der Waals surface area (Å²) < 4.78 is 1.62. The van der Waals surface area contributed by atoms with E-state index in [9.17, 15) is 9.59 Å². The van der Waals surface area contributed by atoms with Crippen LogP contribution in [0.5, 0.6) is 0 Å². The van der Waals surface area contributed by atoms with Crippen molar-refractivity contribution in [2.75, 3.05) is 5.73 Å². The van der Waals surface area contributed by atoms with E-state index in [1.54, 1.807) is 40.9 Å². The summed E-state index contributed by atoms with van der Waals surface area (Å²) in [7, 11) is 0. The van der Waals surface area contributed by atoms with E-state index in [2.05, 4.69) is 6.92 Å². The molecule has 0 aliphatic heterocycles. The van der Waals surface area contributed by atoms with Gasteiger partial charge in [-0.3, -0.25) is 9.59 Å². The van der Waals surface area contributed by atoms with Crippen LogP contribution in [0.4, 0.5) is 5.69 Å². The third-order valence-electron chi connectivity index (χ3n) is 3.97. The zero-order valence-electron chi connectivity index (χ0n) is 12.7. The van der Waals surface area contributed by atoms with Crippen LogP contribution in [0.1, 0.15) is 38.9 Å². The normalized spacial score (nSPS) is 10.8. The lowest BCUT2D eigenvalue weighted by Gasteiger charge is -2.05. The lowest BCUT2D eigenvalue weighted by Crippen LogP contribution is -2.13. The summed E-state index contributed by atoms with van der Waals surface area (Å²) in [6.45, 7) is 2.05. The largest absolute Gasteiger partial charge is 0.396 e. The summed E-state index contributed by atoms with van der Waals surface area (Å²) >= 11 is 0. The molecule has 116 valence electrons. The minimum absolute atomic E-state index is 0.119. The van der Waals surface area contributed by atoms with Crippen LogP contribution in [0, 0.1) is 0 Å². The van der Waals surface area contributed by atoms with Crippen LogP contribution in [0.15, 0.2) is 48.7 Å². The van der Waals surface area contributed by atoms with Crippen LogP contribution < -0.4 is 11.5 Å². The van der Waals surface area contributed by atoms with Gasteiger partial charge >= 0.3 is 0 Å². The molecule has 0 aliphatic rings. The van der Waals surface area contributed by atoms with Crippen LogP contribution in [0.25, 0.3) is 5.52 Å². The molecule has 0 bridgehead atoms. The van der Waals surface area contributed by atoms with Gasteiger partial charge in [0, 0.05) is 11.8 Å². The summed E-state index contributed by atoms with van der Waals surface area (Å²) in [5.74, 6) is -0.884. The summed E-state index contributed by atoms with van der Waals surface area (Å²) in [6.07, 6.45) is 2.60. The summed E-state index contributed by atoms with van der Waals surface area (Å²) in [6, 6.07) is 12.6. The second kappa shape index (κ2) is 5.61. The van der Waals surface area contributed by atoms with E-state index >= 15 is 0 Å². The fourth-order valence-electron chi connectivity index (χ4n) is 2.75. The molecule has 4 N–H and O–H groups in total. The molecule has 2 aromatic heterocycles. The number of amides is 1. The Morgan fingerprint density at radius 2 is 1.78 bits per heavy atom. The van der Waals surface area contributed by atoms with Crippen molar-refractivity contribution < 1.29 is 9.59 Å². The number of aromatic nitrogens is 1. The number of pyridine rings is 1. The van der Waals surface area contributed by atoms with Gasteiger partial charge in [0.1, 0.15) is 5.69 Å². The Labute approximate surface area is 133 Å². The van der Waals surface area contributed by atoms with Crippen LogP contribution in [-0.2, 0) is 6.42 Å². The first-order valence-electron chi connectivity index (χ1n) is 7.36. The van der Waals surface area contributed by atoms with E-state index in [0.29, 0.717) is 11.1 Å². The number of aryl methyl sites for hydroxylation is 1. The minimum Gasteiger partial charge on any atom is -0.396 e. The number of nitrogens with two attached hydrogens (primary N) is 2. The number of nitrogens with zero attached hydrogens (tertiary/aromatic N) is 1. The Morgan fingerprint density at radius 3 is 2.39 bits per heavy atom. The van der Waals surface area contributed by atoms with E-state index in [1.807, 2.05) is 12.1 Å². The Balaban J connectivity index is 2.20. The van der Waals surface area contributed by atoms with Crippen molar-refractivity contribution in [2.24, 2.45) is 5.73 Å². The molecule has 0 spiro atoms. The smallest absolute Gasteiger partial charge is 0.253 e. The molecule has 0 fully saturated rings. The van der Waals surface area contributed by atoms with Crippen molar-refractivity contribution in [3.8, 4) is 0 Å². The summed E-state index contributed by atoms with van der Waals surface area (Å²) in [5, 5.41) is 0. The molecule has 2 heterocycles. The predicted octanol–water partition coefficient (Wildman–Crippen LogP) is 2.41. The highest BCUT2D eigenvalue weighted by molar-refractivity contribution is 6.17. The highest BCUT2D eigenvalue weighted by Crippen LogP contribution is 2.28. The monoisotopic (exact) mass is 307 g/mol. The molecule has 23 heavy (non-hydrogen) atoms. The topological polar surface area (TPSA) is 90.6 Å². The molecule has 5 nitrogen and oxygen atoms in total. The average Bonchev–Trinajstić information content (AvgIpc) is 2.86. The SMILES string of the molecule is CCc1ccc(C(=O)c2c(N)c(C(N)=O)c3ccccn23)cc1. The van der Waals surface area contributed by atoms with Gasteiger partial charge < -0.3 is 15.9 Å². The third-order valence-corrected chi connectivity index (χ3v) is 3.97. The van der Waals surface area contributed by atoms with Gasteiger partial charge in [0.15, 0.2) is 0 Å². The number of hydrogen-bond donors (Lipinski definition) is 2. The number of carbonyl (C=O) groups is 2. The molecule has 0 saturated heterocycles. The molecular formula is C18H17N3O2. The lowest BCUT2D eigenvalue weighted by molar-refractivity contribution is 0.100. The fraction of sp³-hybridized carbons (Fsp3) is 0.111. The van der Waals surface area contributed by atoms with E-state index in [1.165, 1.54) is 0 Å². The Kier molecular flexibility index (Phi) is 3.62. The molecule has 1 amide bonds. The van der Waals surface area contributed by atoms with Crippen LogP contribution in [-0.4, -0.2) is 16.1 Å². The highest BCUT2D eigenvalue weighted by atomic mass is 16.1. The maximum Gasteiger partial charge on any atom is 0.253 e. The standard InChI is InChI=1S/C18H17N3O2/c1-2-11-6-8-12(9-7-11)17(22)16-15(19)14(18(20)23)13-5-3-4-10-21(13)16/h3-10H,2,19H2,1H3,(H2,20,23). The molecule has 3 aromatic rings. The molecular weight excluding hydrogens is 290 g/mol. The fourth-order valence-corrected chi connectivity index (χ4v) is 2.75. The number of rotatable bonds is 4. The van der Waals surface area contributed by atoms with E-state index in [0.717, 1.165) is 12.0 Å². The maximum atomic E-state index is 12.9. The number of benzene rings is 1. The number of primary amides is 1. The Bertz CT molecular complexity index is 908. The molecule has 0 aliphatic carbocycles. The van der Waals surface area contributed by atoms with Gasteiger partial charge in [-0.1, -0.05) is 37.3 Å². The second-order valence-corrected chi connectivity index (χ2v) is 5.34. The molecule has 3 rings (SSSR count). The van der Waals surface area contributed by atoms with Gasteiger partial charge in [-0.25, -0.2) is 0 Å². The Morgan fingerprint density at radius 1 is 1.09 bits per heavy atom. The molecule has 1 aromatic carbocycles. The van der Waals surface area contributed by atoms with Gasteiger partial charge in [-0.05, 0) is 24.1 Å². The van der Waals surface area contributed by atoms with Crippen LogP contribution in [0.2, 0.25) is 0 Å². The first-order chi connectivity index (χ1) is 11.0. The number of fused-ring (bicyclic) bond motifs is 1. The first kappa shape index (κ1) is 14.8. The molecule has 0 saturated carbocycles. The number of hydrogen-bond acceptors (Lipinski definition) is 3. The van der Waals surface area contributed by atoms with Gasteiger partial charge in [-0.15, -0.1) is 0 Å². The molecule has 0 unspecified atom stereocenters. The van der Waals surface area contributed by atoms with Gasteiger partial charge in [0.25, 0.3) is 5.91 Å². The van der Waals surface area contributed by atoms with Crippen LogP contribution >= 0.6 is 0 Å². The highest BCUT2D eigenvalue weighted by Gasteiger charge is 2.24. The number of anilines is 1. The van der Waals surface area contributed by atoms with Gasteiger partial charge in [0.05, 0.1) is 16.8 Å².